The highest BCUT2D eigenvalue weighted by Gasteiger charge is 2.31. The van der Waals surface area contributed by atoms with Crippen LogP contribution in [0.25, 0.3) is 11.1 Å². The maximum atomic E-state index is 13.5. The van der Waals surface area contributed by atoms with E-state index in [4.69, 9.17) is 9.47 Å². The summed E-state index contributed by atoms with van der Waals surface area (Å²) in [6.45, 7) is 8.41. The van der Waals surface area contributed by atoms with E-state index in [1.54, 1.807) is 51.2 Å². The van der Waals surface area contributed by atoms with E-state index in [2.05, 4.69) is 15.6 Å². The zero-order valence-corrected chi connectivity index (χ0v) is 24.2. The summed E-state index contributed by atoms with van der Waals surface area (Å²) in [5, 5.41) is 5.96. The molecule has 0 spiro atoms. The number of alkyl halides is 3. The van der Waals surface area contributed by atoms with Crippen molar-refractivity contribution in [3.05, 3.63) is 75.2 Å². The fourth-order valence-corrected chi connectivity index (χ4v) is 5.50. The molecule has 1 atom stereocenters. The van der Waals surface area contributed by atoms with Crippen LogP contribution in [0.1, 0.15) is 83.9 Å². The fraction of sp³-hybridized carbons (Fsp3) is 0.433. The van der Waals surface area contributed by atoms with Crippen molar-refractivity contribution in [3.63, 3.8) is 0 Å². The zero-order valence-electron chi connectivity index (χ0n) is 23.4. The minimum atomic E-state index is -4.52. The molecule has 1 aromatic heterocycles. The normalized spacial score (nSPS) is 15.3. The van der Waals surface area contributed by atoms with Crippen molar-refractivity contribution >= 4 is 23.3 Å². The molecule has 0 bridgehead atoms. The Bertz CT molecular complexity index is 1360. The van der Waals surface area contributed by atoms with E-state index < -0.39 is 23.4 Å². The first-order valence-electron chi connectivity index (χ1n) is 13.4. The van der Waals surface area contributed by atoms with E-state index in [1.807, 2.05) is 6.92 Å². The number of ether oxygens (including phenoxy) is 2. The van der Waals surface area contributed by atoms with E-state index in [0.717, 1.165) is 35.4 Å². The number of hydrogen-bond donors (Lipinski definition) is 2. The van der Waals surface area contributed by atoms with Gasteiger partial charge in [0.15, 0.2) is 5.01 Å². The number of nitrogens with zero attached hydrogens (tertiary/aromatic N) is 1. The van der Waals surface area contributed by atoms with Crippen molar-refractivity contribution in [2.24, 2.45) is 0 Å². The minimum absolute atomic E-state index is 0.0136. The molecule has 2 N–H and O–H groups in total. The van der Waals surface area contributed by atoms with Gasteiger partial charge in [0.1, 0.15) is 5.60 Å². The number of aromatic nitrogens is 1. The zero-order chi connectivity index (χ0) is 29.8. The standard InChI is InChI=1S/C30H34F3N3O4S/c1-18(36-26(37)27-34-17-25(41-27)21-11-13-39-14-12-21)19-5-7-20(8-6-19)24-15-23(30(31,32)33)10-9-22(24)16-35-28(38)40-29(2,3)4/h5-10,15,17-18,21H,11-14,16H2,1-4H3,(H,35,38)(H,36,37)/t18-/m1/s1. The predicted octanol–water partition coefficient (Wildman–Crippen LogP) is 7.24. The van der Waals surface area contributed by atoms with Crippen molar-refractivity contribution in [3.8, 4) is 11.1 Å². The van der Waals surface area contributed by atoms with Crippen LogP contribution in [0.3, 0.4) is 0 Å². The van der Waals surface area contributed by atoms with Crippen molar-refractivity contribution in [1.82, 2.24) is 15.6 Å². The second-order valence-electron chi connectivity index (χ2n) is 11.0. The highest BCUT2D eigenvalue weighted by Crippen LogP contribution is 2.35. The van der Waals surface area contributed by atoms with E-state index in [9.17, 15) is 22.8 Å². The maximum absolute atomic E-state index is 13.5. The van der Waals surface area contributed by atoms with Gasteiger partial charge in [0.2, 0.25) is 0 Å². The van der Waals surface area contributed by atoms with Crippen LogP contribution in [0, 0.1) is 0 Å². The van der Waals surface area contributed by atoms with Crippen LogP contribution in [0.2, 0.25) is 0 Å². The third-order valence-corrected chi connectivity index (χ3v) is 7.83. The summed E-state index contributed by atoms with van der Waals surface area (Å²) < 4.78 is 51.2. The lowest BCUT2D eigenvalue weighted by Crippen LogP contribution is -2.32. The third kappa shape index (κ3) is 8.29. The Morgan fingerprint density at radius 1 is 1.10 bits per heavy atom. The van der Waals surface area contributed by atoms with E-state index >= 15 is 0 Å². The number of amides is 2. The van der Waals surface area contributed by atoms with Gasteiger partial charge in [-0.15, -0.1) is 11.3 Å². The Morgan fingerprint density at radius 2 is 1.78 bits per heavy atom. The lowest BCUT2D eigenvalue weighted by atomic mass is 9.95. The predicted molar refractivity (Wildman–Crippen MR) is 151 cm³/mol. The lowest BCUT2D eigenvalue weighted by Gasteiger charge is -2.20. The fourth-order valence-electron chi connectivity index (χ4n) is 4.51. The Labute approximate surface area is 241 Å². The molecule has 0 unspecified atom stereocenters. The number of rotatable bonds is 7. The largest absolute Gasteiger partial charge is 0.444 e. The molecule has 0 radical (unpaired) electrons. The Balaban J connectivity index is 1.48. The van der Waals surface area contributed by atoms with Gasteiger partial charge in [-0.05, 0) is 80.8 Å². The van der Waals surface area contributed by atoms with E-state index in [1.165, 1.54) is 17.4 Å². The number of hydrogen-bond acceptors (Lipinski definition) is 6. The van der Waals surface area contributed by atoms with Crippen LogP contribution in [0.15, 0.2) is 48.7 Å². The van der Waals surface area contributed by atoms with Crippen LogP contribution in [0.5, 0.6) is 0 Å². The summed E-state index contributed by atoms with van der Waals surface area (Å²) in [4.78, 5) is 30.4. The molecular formula is C30H34F3N3O4S. The second kappa shape index (κ2) is 12.6. The van der Waals surface area contributed by atoms with Crippen molar-refractivity contribution < 1.29 is 32.2 Å². The molecular weight excluding hydrogens is 555 g/mol. The van der Waals surface area contributed by atoms with Crippen LogP contribution in [-0.4, -0.2) is 35.8 Å². The van der Waals surface area contributed by atoms with Crippen molar-refractivity contribution in [2.45, 2.75) is 70.8 Å². The quantitative estimate of drug-likeness (QED) is 0.303. The smallest absolute Gasteiger partial charge is 0.416 e. The molecule has 3 aromatic rings. The van der Waals surface area contributed by atoms with E-state index in [0.29, 0.717) is 40.8 Å². The molecule has 1 aliphatic rings. The Morgan fingerprint density at radius 3 is 2.41 bits per heavy atom. The average Bonchev–Trinajstić information content (AvgIpc) is 3.42. The first-order valence-corrected chi connectivity index (χ1v) is 14.2. The lowest BCUT2D eigenvalue weighted by molar-refractivity contribution is -0.137. The first kappa shape index (κ1) is 30.5. The summed E-state index contributed by atoms with van der Waals surface area (Å²) in [6.07, 6.45) is -1.60. The molecule has 2 aromatic carbocycles. The van der Waals surface area contributed by atoms with Gasteiger partial charge in [0, 0.05) is 30.8 Å². The molecule has 4 rings (SSSR count). The van der Waals surface area contributed by atoms with E-state index in [-0.39, 0.29) is 18.5 Å². The molecule has 0 aliphatic carbocycles. The van der Waals surface area contributed by atoms with Gasteiger partial charge in [-0.1, -0.05) is 30.3 Å². The average molecular weight is 590 g/mol. The Kier molecular flexibility index (Phi) is 9.38. The van der Waals surface area contributed by atoms with Crippen molar-refractivity contribution in [2.75, 3.05) is 13.2 Å². The van der Waals surface area contributed by atoms with Gasteiger partial charge in [-0.25, -0.2) is 9.78 Å². The molecule has 1 fully saturated rings. The SMILES string of the molecule is C[C@@H](NC(=O)c1ncc(C2CCOCC2)s1)c1ccc(-c2cc(C(F)(F)F)ccc2CNC(=O)OC(C)(C)C)cc1. The number of carbonyl (C=O) groups is 2. The number of carbonyl (C=O) groups excluding carboxylic acids is 2. The van der Waals surface area contributed by atoms with Gasteiger partial charge in [0.25, 0.3) is 5.91 Å². The molecule has 11 heteroatoms. The van der Waals surface area contributed by atoms with Crippen LogP contribution < -0.4 is 10.6 Å². The third-order valence-electron chi connectivity index (χ3n) is 6.67. The summed E-state index contributed by atoms with van der Waals surface area (Å²) in [7, 11) is 0. The second-order valence-corrected chi connectivity index (χ2v) is 12.1. The van der Waals surface area contributed by atoms with Crippen LogP contribution >= 0.6 is 11.3 Å². The van der Waals surface area contributed by atoms with Gasteiger partial charge in [-0.2, -0.15) is 13.2 Å². The molecule has 1 aliphatic heterocycles. The van der Waals surface area contributed by atoms with Gasteiger partial charge < -0.3 is 20.1 Å². The number of benzene rings is 2. The van der Waals surface area contributed by atoms with Gasteiger partial charge in [-0.3, -0.25) is 4.79 Å². The summed E-state index contributed by atoms with van der Waals surface area (Å²) in [6, 6.07) is 10.0. The highest BCUT2D eigenvalue weighted by atomic mass is 32.1. The maximum Gasteiger partial charge on any atom is 0.416 e. The molecule has 1 saturated heterocycles. The topological polar surface area (TPSA) is 89.5 Å². The van der Waals surface area contributed by atoms with Gasteiger partial charge in [0.05, 0.1) is 11.6 Å². The number of thiazole rings is 1. The monoisotopic (exact) mass is 589 g/mol. The molecule has 41 heavy (non-hydrogen) atoms. The molecule has 0 saturated carbocycles. The molecule has 220 valence electrons. The summed E-state index contributed by atoms with van der Waals surface area (Å²) in [5.41, 5.74) is 0.664. The number of alkyl carbamates (subject to hydrolysis) is 1. The molecule has 2 heterocycles. The van der Waals surface area contributed by atoms with Crippen LogP contribution in [0.4, 0.5) is 18.0 Å². The first-order chi connectivity index (χ1) is 19.3. The van der Waals surface area contributed by atoms with Crippen molar-refractivity contribution in [1.29, 1.82) is 0 Å². The summed E-state index contributed by atoms with van der Waals surface area (Å²) >= 11 is 1.39. The minimum Gasteiger partial charge on any atom is -0.444 e. The Hall–Kier alpha value is -3.44. The number of halogens is 3. The number of nitrogens with one attached hydrogen (secondary N) is 2. The molecule has 7 nitrogen and oxygen atoms in total. The summed E-state index contributed by atoms with van der Waals surface area (Å²) in [5.74, 6) is 0.0751. The van der Waals surface area contributed by atoms with Gasteiger partial charge >= 0.3 is 12.3 Å². The molecule has 2 amide bonds. The highest BCUT2D eigenvalue weighted by molar-refractivity contribution is 7.13. The van der Waals surface area contributed by atoms with Crippen LogP contribution in [-0.2, 0) is 22.2 Å².